The molecule has 0 fully saturated rings. The maximum Gasteiger partial charge on any atom is 0.256 e. The van der Waals surface area contributed by atoms with Gasteiger partial charge in [0, 0.05) is 19.0 Å². The second kappa shape index (κ2) is 8.19. The van der Waals surface area contributed by atoms with Crippen molar-refractivity contribution < 1.29 is 4.79 Å². The van der Waals surface area contributed by atoms with Gasteiger partial charge in [-0.25, -0.2) is 0 Å². The first kappa shape index (κ1) is 17.5. The summed E-state index contributed by atoms with van der Waals surface area (Å²) < 4.78 is 1.06. The Morgan fingerprint density at radius 1 is 0.960 bits per heavy atom. The van der Waals surface area contributed by atoms with E-state index in [1.54, 1.807) is 12.1 Å². The topological polar surface area (TPSA) is 52.9 Å². The summed E-state index contributed by atoms with van der Waals surface area (Å²) in [6, 6.07) is 24.6. The van der Waals surface area contributed by atoms with Crippen LogP contribution in [0.4, 0.5) is 5.69 Å². The summed E-state index contributed by atoms with van der Waals surface area (Å²) in [5, 5.41) is 12.2. The van der Waals surface area contributed by atoms with Crippen LogP contribution in [0, 0.1) is 14.9 Å². The highest BCUT2D eigenvalue weighted by molar-refractivity contribution is 14.1. The van der Waals surface area contributed by atoms with Gasteiger partial charge in [0.1, 0.15) is 6.07 Å². The number of hydrogen-bond acceptors (Lipinski definition) is 3. The van der Waals surface area contributed by atoms with E-state index in [1.165, 1.54) is 11.8 Å². The molecular weight excluding hydrogens is 443 g/mol. The maximum atomic E-state index is 12.7. The molecule has 25 heavy (non-hydrogen) atoms. The van der Waals surface area contributed by atoms with Gasteiger partial charge in [-0.1, -0.05) is 42.1 Å². The molecule has 0 spiro atoms. The minimum atomic E-state index is -0.167. The highest BCUT2D eigenvalue weighted by Gasteiger charge is 2.13. The van der Waals surface area contributed by atoms with Gasteiger partial charge in [-0.2, -0.15) is 5.26 Å². The van der Waals surface area contributed by atoms with E-state index in [9.17, 15) is 10.1 Å². The van der Waals surface area contributed by atoms with Crippen molar-refractivity contribution >= 4 is 45.9 Å². The molecule has 0 heterocycles. The summed E-state index contributed by atoms with van der Waals surface area (Å²) in [5.41, 5.74) is 1.94. The largest absolute Gasteiger partial charge is 0.322 e. The number of hydrogen-bond donors (Lipinski definition) is 1. The summed E-state index contributed by atoms with van der Waals surface area (Å²) in [7, 11) is 0. The minimum Gasteiger partial charge on any atom is -0.322 e. The molecule has 3 rings (SSSR count). The third kappa shape index (κ3) is 4.41. The number of rotatable bonds is 4. The van der Waals surface area contributed by atoms with Crippen LogP contribution in [0.25, 0.3) is 0 Å². The van der Waals surface area contributed by atoms with E-state index < -0.39 is 0 Å². The Balaban J connectivity index is 1.88. The fraction of sp³-hybridized carbons (Fsp3) is 0. The number of carbonyl (C=O) groups is 1. The molecule has 1 amide bonds. The number of halogens is 1. The second-order valence-electron chi connectivity index (χ2n) is 5.17. The van der Waals surface area contributed by atoms with Gasteiger partial charge in [-0.3, -0.25) is 4.79 Å². The van der Waals surface area contributed by atoms with Crippen molar-refractivity contribution in [2.24, 2.45) is 0 Å². The predicted molar refractivity (Wildman–Crippen MR) is 109 cm³/mol. The van der Waals surface area contributed by atoms with Crippen LogP contribution in [-0.4, -0.2) is 5.91 Å². The molecular formula is C20H13IN2OS. The van der Waals surface area contributed by atoms with Gasteiger partial charge >= 0.3 is 0 Å². The lowest BCUT2D eigenvalue weighted by atomic mass is 10.2. The Hall–Kier alpha value is -2.30. The highest BCUT2D eigenvalue weighted by Crippen LogP contribution is 2.32. The van der Waals surface area contributed by atoms with Crippen molar-refractivity contribution in [1.29, 1.82) is 5.26 Å². The van der Waals surface area contributed by atoms with E-state index in [-0.39, 0.29) is 5.91 Å². The van der Waals surface area contributed by atoms with Gasteiger partial charge in [0.15, 0.2) is 0 Å². The van der Waals surface area contributed by atoms with Crippen molar-refractivity contribution in [3.05, 3.63) is 87.5 Å². The Kier molecular flexibility index (Phi) is 5.74. The number of benzene rings is 3. The van der Waals surface area contributed by atoms with Crippen LogP contribution >= 0.6 is 34.4 Å². The standard InChI is InChI=1S/C20H13IN2OS/c21-15-7-5-8-16(12-15)23-20(24)17-9-2-4-11-19(17)25-18-10-3-1-6-14(18)13-22/h1-12H,(H,23,24). The van der Waals surface area contributed by atoms with Crippen LogP contribution in [0.1, 0.15) is 15.9 Å². The quantitative estimate of drug-likeness (QED) is 0.523. The smallest absolute Gasteiger partial charge is 0.256 e. The number of carbonyl (C=O) groups excluding carboxylic acids is 1. The molecule has 0 atom stereocenters. The Morgan fingerprint density at radius 2 is 1.68 bits per heavy atom. The van der Waals surface area contributed by atoms with Crippen LogP contribution in [-0.2, 0) is 0 Å². The molecule has 3 nitrogen and oxygen atoms in total. The molecule has 0 saturated heterocycles. The monoisotopic (exact) mass is 456 g/mol. The average Bonchev–Trinajstić information content (AvgIpc) is 2.62. The summed E-state index contributed by atoms with van der Waals surface area (Å²) in [6.45, 7) is 0. The molecule has 0 aliphatic carbocycles. The van der Waals surface area contributed by atoms with Crippen molar-refractivity contribution in [1.82, 2.24) is 0 Å². The van der Waals surface area contributed by atoms with E-state index in [0.717, 1.165) is 19.0 Å². The van der Waals surface area contributed by atoms with Gasteiger partial charge in [-0.05, 0) is 65.1 Å². The van der Waals surface area contributed by atoms with E-state index >= 15 is 0 Å². The maximum absolute atomic E-state index is 12.7. The molecule has 1 N–H and O–H groups in total. The minimum absolute atomic E-state index is 0.167. The van der Waals surface area contributed by atoms with Crippen LogP contribution in [0.3, 0.4) is 0 Å². The lowest BCUT2D eigenvalue weighted by Gasteiger charge is -2.11. The van der Waals surface area contributed by atoms with Gasteiger partial charge in [0.2, 0.25) is 0 Å². The van der Waals surface area contributed by atoms with Crippen LogP contribution in [0.5, 0.6) is 0 Å². The zero-order chi connectivity index (χ0) is 17.6. The Labute approximate surface area is 164 Å². The molecule has 0 aliphatic heterocycles. The van der Waals surface area contributed by atoms with Crippen LogP contribution in [0.15, 0.2) is 82.6 Å². The molecule has 3 aromatic carbocycles. The van der Waals surface area contributed by atoms with Gasteiger partial charge in [0.25, 0.3) is 5.91 Å². The first-order valence-electron chi connectivity index (χ1n) is 7.50. The molecule has 3 aromatic rings. The van der Waals surface area contributed by atoms with Crippen molar-refractivity contribution in [3.63, 3.8) is 0 Å². The normalized spacial score (nSPS) is 10.1. The van der Waals surface area contributed by atoms with Gasteiger partial charge in [0.05, 0.1) is 11.1 Å². The number of amides is 1. The highest BCUT2D eigenvalue weighted by atomic mass is 127. The summed E-state index contributed by atoms with van der Waals surface area (Å²) in [5.74, 6) is -0.167. The summed E-state index contributed by atoms with van der Waals surface area (Å²) in [6.07, 6.45) is 0. The molecule has 0 saturated carbocycles. The molecule has 122 valence electrons. The van der Waals surface area contributed by atoms with Crippen molar-refractivity contribution in [2.45, 2.75) is 9.79 Å². The number of nitriles is 1. The van der Waals surface area contributed by atoms with Crippen LogP contribution < -0.4 is 5.32 Å². The molecule has 0 aliphatic rings. The Morgan fingerprint density at radius 3 is 2.44 bits per heavy atom. The number of anilines is 1. The molecule has 0 aromatic heterocycles. The van der Waals surface area contributed by atoms with E-state index in [0.29, 0.717) is 11.1 Å². The van der Waals surface area contributed by atoms with E-state index in [1.807, 2.05) is 60.7 Å². The zero-order valence-electron chi connectivity index (χ0n) is 13.1. The predicted octanol–water partition coefficient (Wildman–Crippen LogP) is 5.57. The van der Waals surface area contributed by atoms with E-state index in [4.69, 9.17) is 0 Å². The fourth-order valence-electron chi connectivity index (χ4n) is 2.27. The van der Waals surface area contributed by atoms with Crippen molar-refractivity contribution in [2.75, 3.05) is 5.32 Å². The van der Waals surface area contributed by atoms with Gasteiger partial charge in [-0.15, -0.1) is 0 Å². The van der Waals surface area contributed by atoms with Crippen LogP contribution in [0.2, 0.25) is 0 Å². The number of nitrogens with one attached hydrogen (secondary N) is 1. The average molecular weight is 456 g/mol. The second-order valence-corrected chi connectivity index (χ2v) is 7.50. The third-order valence-corrected chi connectivity index (χ3v) is 5.26. The summed E-state index contributed by atoms with van der Waals surface area (Å²) >= 11 is 3.63. The van der Waals surface area contributed by atoms with Crippen molar-refractivity contribution in [3.8, 4) is 6.07 Å². The first-order valence-corrected chi connectivity index (χ1v) is 9.40. The first-order chi connectivity index (χ1) is 12.2. The third-order valence-electron chi connectivity index (χ3n) is 3.44. The zero-order valence-corrected chi connectivity index (χ0v) is 16.0. The lowest BCUT2D eigenvalue weighted by Crippen LogP contribution is -2.13. The fourth-order valence-corrected chi connectivity index (χ4v) is 3.84. The SMILES string of the molecule is N#Cc1ccccc1Sc1ccccc1C(=O)Nc1cccc(I)c1. The lowest BCUT2D eigenvalue weighted by molar-refractivity contribution is 0.102. The van der Waals surface area contributed by atoms with Gasteiger partial charge < -0.3 is 5.32 Å². The summed E-state index contributed by atoms with van der Waals surface area (Å²) in [4.78, 5) is 14.3. The van der Waals surface area contributed by atoms with E-state index in [2.05, 4.69) is 34.0 Å². The Bertz CT molecular complexity index is 966. The molecule has 0 bridgehead atoms. The molecule has 0 unspecified atom stereocenters. The molecule has 5 heteroatoms. The number of nitrogens with zero attached hydrogens (tertiary/aromatic N) is 1. The molecule has 0 radical (unpaired) electrons.